The normalized spacial score (nSPS) is 11.9. The van der Waals surface area contributed by atoms with Gasteiger partial charge in [0.05, 0.1) is 0 Å². The zero-order chi connectivity index (χ0) is 20.4. The molecule has 3 rings (SSSR count). The molecule has 0 unspecified atom stereocenters. The third-order valence-electron chi connectivity index (χ3n) is 4.12. The molecule has 0 aliphatic carbocycles. The van der Waals surface area contributed by atoms with Crippen molar-refractivity contribution in [3.8, 4) is 22.3 Å². The standard InChI is InChI=1S/C22H12F6/c1-2-17(23)21(27)14-7-8-16(18(24)9-14)13-5-3-12(4-6-13)15-10-19(25)22(28)20(26)11-15/h2-11H,1H2/b21-17+. The minimum atomic E-state index is -1.56. The molecule has 0 saturated heterocycles. The van der Waals surface area contributed by atoms with Gasteiger partial charge in [-0.25, -0.2) is 26.3 Å². The Bertz CT molecular complexity index is 1060. The Kier molecular flexibility index (Phi) is 5.40. The molecule has 0 saturated carbocycles. The van der Waals surface area contributed by atoms with E-state index in [4.69, 9.17) is 0 Å². The molecule has 0 radical (unpaired) electrons. The van der Waals surface area contributed by atoms with Crippen molar-refractivity contribution >= 4 is 5.83 Å². The molecule has 0 nitrogen and oxygen atoms in total. The number of benzene rings is 3. The van der Waals surface area contributed by atoms with E-state index in [0.717, 1.165) is 18.2 Å². The van der Waals surface area contributed by atoms with Crippen molar-refractivity contribution in [2.75, 3.05) is 0 Å². The van der Waals surface area contributed by atoms with Gasteiger partial charge in [-0.05, 0) is 41.0 Å². The van der Waals surface area contributed by atoms with Crippen molar-refractivity contribution in [2.24, 2.45) is 0 Å². The van der Waals surface area contributed by atoms with E-state index in [9.17, 15) is 26.3 Å². The van der Waals surface area contributed by atoms with Crippen molar-refractivity contribution in [1.82, 2.24) is 0 Å². The zero-order valence-electron chi connectivity index (χ0n) is 14.2. The van der Waals surface area contributed by atoms with E-state index in [1.165, 1.54) is 36.4 Å². The van der Waals surface area contributed by atoms with Gasteiger partial charge in [-0.2, -0.15) is 0 Å². The molecule has 0 fully saturated rings. The summed E-state index contributed by atoms with van der Waals surface area (Å²) in [5.41, 5.74) is 0.766. The van der Waals surface area contributed by atoms with Crippen LogP contribution in [0.1, 0.15) is 5.56 Å². The fourth-order valence-corrected chi connectivity index (χ4v) is 2.68. The molecule has 28 heavy (non-hydrogen) atoms. The molecule has 0 amide bonds. The highest BCUT2D eigenvalue weighted by Gasteiger charge is 2.13. The van der Waals surface area contributed by atoms with Crippen LogP contribution in [0.5, 0.6) is 0 Å². The van der Waals surface area contributed by atoms with Crippen LogP contribution in [-0.2, 0) is 0 Å². The van der Waals surface area contributed by atoms with E-state index in [0.29, 0.717) is 17.2 Å². The second-order valence-corrected chi connectivity index (χ2v) is 5.89. The Morgan fingerprint density at radius 2 is 1.25 bits per heavy atom. The predicted molar refractivity (Wildman–Crippen MR) is 96.5 cm³/mol. The quantitative estimate of drug-likeness (QED) is 0.248. The van der Waals surface area contributed by atoms with Crippen molar-refractivity contribution in [3.63, 3.8) is 0 Å². The van der Waals surface area contributed by atoms with Crippen LogP contribution in [-0.4, -0.2) is 0 Å². The molecule has 0 aromatic heterocycles. The Morgan fingerprint density at radius 1 is 0.679 bits per heavy atom. The lowest BCUT2D eigenvalue weighted by atomic mass is 9.98. The first kappa shape index (κ1) is 19.5. The van der Waals surface area contributed by atoms with E-state index in [-0.39, 0.29) is 16.7 Å². The first-order valence-corrected chi connectivity index (χ1v) is 8.04. The number of rotatable bonds is 4. The summed E-state index contributed by atoms with van der Waals surface area (Å²) in [6.07, 6.45) is 0.682. The van der Waals surface area contributed by atoms with Gasteiger partial charge in [-0.3, -0.25) is 0 Å². The largest absolute Gasteiger partial charge is 0.206 e. The van der Waals surface area contributed by atoms with Crippen LogP contribution in [0.25, 0.3) is 28.1 Å². The van der Waals surface area contributed by atoms with E-state index in [1.54, 1.807) is 0 Å². The monoisotopic (exact) mass is 390 g/mol. The van der Waals surface area contributed by atoms with Crippen LogP contribution in [0, 0.1) is 23.3 Å². The van der Waals surface area contributed by atoms with Crippen molar-refractivity contribution in [2.45, 2.75) is 0 Å². The molecule has 0 atom stereocenters. The van der Waals surface area contributed by atoms with Crippen LogP contribution in [0.3, 0.4) is 0 Å². The Labute approximate surface area is 157 Å². The zero-order valence-corrected chi connectivity index (χ0v) is 14.2. The number of halogens is 6. The summed E-state index contributed by atoms with van der Waals surface area (Å²) in [7, 11) is 0. The summed E-state index contributed by atoms with van der Waals surface area (Å²) in [4.78, 5) is 0. The summed E-state index contributed by atoms with van der Waals surface area (Å²) in [6, 6.07) is 11.0. The topological polar surface area (TPSA) is 0 Å². The fourth-order valence-electron chi connectivity index (χ4n) is 2.68. The molecule has 0 heterocycles. The highest BCUT2D eigenvalue weighted by molar-refractivity contribution is 5.73. The van der Waals surface area contributed by atoms with Gasteiger partial charge in [0, 0.05) is 11.1 Å². The molecule has 6 heteroatoms. The first-order valence-electron chi connectivity index (χ1n) is 8.04. The molecular weight excluding hydrogens is 378 g/mol. The maximum Gasteiger partial charge on any atom is 0.194 e. The molecule has 0 spiro atoms. The van der Waals surface area contributed by atoms with Gasteiger partial charge in [0.25, 0.3) is 0 Å². The van der Waals surface area contributed by atoms with Gasteiger partial charge in [-0.1, -0.05) is 43.0 Å². The first-order chi connectivity index (χ1) is 13.3. The predicted octanol–water partition coefficient (Wildman–Crippen LogP) is 7.37. The number of hydrogen-bond donors (Lipinski definition) is 0. The lowest BCUT2D eigenvalue weighted by molar-refractivity contribution is 0.448. The molecule has 0 bridgehead atoms. The third kappa shape index (κ3) is 3.71. The Morgan fingerprint density at radius 3 is 1.79 bits per heavy atom. The minimum Gasteiger partial charge on any atom is -0.206 e. The summed E-state index contributed by atoms with van der Waals surface area (Å²) >= 11 is 0. The van der Waals surface area contributed by atoms with Gasteiger partial charge < -0.3 is 0 Å². The average molecular weight is 390 g/mol. The van der Waals surface area contributed by atoms with E-state index < -0.39 is 34.9 Å². The van der Waals surface area contributed by atoms with Crippen LogP contribution < -0.4 is 0 Å². The van der Waals surface area contributed by atoms with E-state index in [1.807, 2.05) is 0 Å². The molecule has 142 valence electrons. The van der Waals surface area contributed by atoms with Gasteiger partial charge in [0.2, 0.25) is 0 Å². The number of allylic oxidation sites excluding steroid dienone is 2. The van der Waals surface area contributed by atoms with Crippen LogP contribution >= 0.6 is 0 Å². The van der Waals surface area contributed by atoms with Crippen LogP contribution in [0.2, 0.25) is 0 Å². The maximum atomic E-state index is 14.4. The van der Waals surface area contributed by atoms with Crippen molar-refractivity contribution in [3.05, 3.63) is 102 Å². The third-order valence-corrected chi connectivity index (χ3v) is 4.12. The van der Waals surface area contributed by atoms with Crippen LogP contribution in [0.4, 0.5) is 26.3 Å². The molecule has 3 aromatic carbocycles. The SMILES string of the molecule is C=C/C(F)=C(\F)c1ccc(-c2ccc(-c3cc(F)c(F)c(F)c3)cc2)c(F)c1. The van der Waals surface area contributed by atoms with Crippen molar-refractivity contribution in [1.29, 1.82) is 0 Å². The molecule has 0 aliphatic rings. The lowest BCUT2D eigenvalue weighted by Gasteiger charge is -2.08. The van der Waals surface area contributed by atoms with Gasteiger partial charge in [0.15, 0.2) is 29.1 Å². The van der Waals surface area contributed by atoms with Gasteiger partial charge in [0.1, 0.15) is 5.82 Å². The highest BCUT2D eigenvalue weighted by Crippen LogP contribution is 2.31. The Balaban J connectivity index is 1.95. The summed E-state index contributed by atoms with van der Waals surface area (Å²) < 4.78 is 81.2. The molecule has 0 aliphatic heterocycles. The van der Waals surface area contributed by atoms with Crippen molar-refractivity contribution < 1.29 is 26.3 Å². The van der Waals surface area contributed by atoms with Crippen LogP contribution in [0.15, 0.2) is 73.1 Å². The second kappa shape index (κ2) is 7.76. The summed E-state index contributed by atoms with van der Waals surface area (Å²) in [6.45, 7) is 3.11. The molecule has 3 aromatic rings. The van der Waals surface area contributed by atoms with E-state index in [2.05, 4.69) is 6.58 Å². The lowest BCUT2D eigenvalue weighted by Crippen LogP contribution is -1.92. The Hall–Kier alpha value is -3.28. The van der Waals surface area contributed by atoms with Gasteiger partial charge >= 0.3 is 0 Å². The second-order valence-electron chi connectivity index (χ2n) is 5.89. The summed E-state index contributed by atoms with van der Waals surface area (Å²) in [5, 5.41) is 0. The highest BCUT2D eigenvalue weighted by atomic mass is 19.2. The average Bonchev–Trinajstić information content (AvgIpc) is 2.70. The number of hydrogen-bond acceptors (Lipinski definition) is 0. The fraction of sp³-hybridized carbons (Fsp3) is 0. The summed E-state index contributed by atoms with van der Waals surface area (Å²) in [5.74, 6) is -7.40. The smallest absolute Gasteiger partial charge is 0.194 e. The molecular formula is C22H12F6. The van der Waals surface area contributed by atoms with Gasteiger partial charge in [-0.15, -0.1) is 0 Å². The minimum absolute atomic E-state index is 0.117. The van der Waals surface area contributed by atoms with E-state index >= 15 is 0 Å². The molecule has 0 N–H and O–H groups in total. The maximum absolute atomic E-state index is 14.4.